The fourth-order valence-corrected chi connectivity index (χ4v) is 6.46. The zero-order valence-corrected chi connectivity index (χ0v) is 36.5. The Balaban J connectivity index is 1.92. The number of rotatable bonds is 32. The van der Waals surface area contributed by atoms with Gasteiger partial charge >= 0.3 is 23.9 Å². The summed E-state index contributed by atoms with van der Waals surface area (Å²) in [5.41, 5.74) is 3.14. The third-order valence-corrected chi connectivity index (χ3v) is 10.2. The minimum absolute atomic E-state index is 0.00826. The summed E-state index contributed by atoms with van der Waals surface area (Å²) in [6, 6.07) is 9.79. The molecule has 332 valence electrons. The van der Waals surface area contributed by atoms with E-state index in [1.165, 1.54) is 0 Å². The summed E-state index contributed by atoms with van der Waals surface area (Å²) < 4.78 is 27.5. The molecule has 0 aliphatic heterocycles. The molecule has 16 nitrogen and oxygen atoms in total. The van der Waals surface area contributed by atoms with Gasteiger partial charge in [0.25, 0.3) is 0 Å². The van der Waals surface area contributed by atoms with Crippen LogP contribution in [0.5, 0.6) is 0 Å². The quantitative estimate of drug-likeness (QED) is 0.0306. The van der Waals surface area contributed by atoms with E-state index in [4.69, 9.17) is 23.7 Å². The molecule has 2 unspecified atom stereocenters. The number of carbonyl (C=O) groups excluding carboxylic acids is 2. The van der Waals surface area contributed by atoms with Gasteiger partial charge in [-0.1, -0.05) is 51.0 Å². The highest BCUT2D eigenvalue weighted by Gasteiger charge is 2.22. The highest BCUT2D eigenvalue weighted by molar-refractivity contribution is 7.16. The fourth-order valence-electron chi connectivity index (χ4n) is 5.58. The molecule has 1 aromatic heterocycles. The second-order valence-corrected chi connectivity index (χ2v) is 14.9. The maximum absolute atomic E-state index is 12.3. The van der Waals surface area contributed by atoms with Crippen LogP contribution in [-0.2, 0) is 42.9 Å². The van der Waals surface area contributed by atoms with Crippen molar-refractivity contribution in [1.82, 2.24) is 0 Å². The van der Waals surface area contributed by atoms with E-state index in [-0.39, 0.29) is 71.9 Å². The van der Waals surface area contributed by atoms with E-state index in [0.717, 1.165) is 48.3 Å². The number of nitriles is 2. The number of carboxylic acid groups (broad SMARTS) is 2. The number of anilines is 1. The molecule has 2 aromatic rings. The number of hydrogen-bond donors (Lipinski definition) is 2. The van der Waals surface area contributed by atoms with Crippen LogP contribution in [0.1, 0.15) is 86.8 Å². The van der Waals surface area contributed by atoms with Crippen LogP contribution in [-0.4, -0.2) is 100 Å². The molecule has 0 spiro atoms. The van der Waals surface area contributed by atoms with Crippen molar-refractivity contribution in [2.45, 2.75) is 79.1 Å². The van der Waals surface area contributed by atoms with Gasteiger partial charge in [0.2, 0.25) is 0 Å². The summed E-state index contributed by atoms with van der Waals surface area (Å²) in [7, 11) is 0. The smallest absolute Gasteiger partial charge is 0.307 e. The van der Waals surface area contributed by atoms with Crippen molar-refractivity contribution in [3.8, 4) is 12.1 Å². The third-order valence-electron chi connectivity index (χ3n) is 9.11. The van der Waals surface area contributed by atoms with Gasteiger partial charge in [-0.05, 0) is 68.9 Å². The second kappa shape index (κ2) is 30.5. The van der Waals surface area contributed by atoms with Crippen LogP contribution in [0.2, 0.25) is 0 Å². The summed E-state index contributed by atoms with van der Waals surface area (Å²) >= 11 is 1.11. The molecule has 0 fully saturated rings. The van der Waals surface area contributed by atoms with Crippen LogP contribution in [0.3, 0.4) is 0 Å². The Kier molecular flexibility index (Phi) is 25.9. The van der Waals surface area contributed by atoms with Crippen LogP contribution in [0.25, 0.3) is 0 Å². The molecular weight excluding hydrogens is 807 g/mol. The van der Waals surface area contributed by atoms with Gasteiger partial charge in [-0.2, -0.15) is 10.5 Å². The molecule has 1 heterocycles. The number of aryl methyl sites for hydroxylation is 1. The van der Waals surface area contributed by atoms with Crippen molar-refractivity contribution in [2.75, 3.05) is 70.8 Å². The standard InChI is InChI=1S/C44H59N5O11S/c1-5-7-9-11-13-34(43(52)53)28-40(50)59-25-23-57-20-18-49(36-15-16-38(32(3)27-36)47-48-42-37(30-45)33(4)39(31-46)61-42)17-19-56-21-22-58-24-26-60-41(51)29-35(44(54)55)14-12-10-8-6-2/h9-12,15-16,27,34-35H,5-8,13-14,17-26,28-29H2,1-4H3,(H,52,53)(H,54,55)/b11-9+,12-10+,48-47?. The summed E-state index contributed by atoms with van der Waals surface area (Å²) in [6.07, 6.45) is 11.1. The van der Waals surface area contributed by atoms with Crippen molar-refractivity contribution in [2.24, 2.45) is 22.1 Å². The molecule has 17 heteroatoms. The highest BCUT2D eigenvalue weighted by Crippen LogP contribution is 2.36. The summed E-state index contributed by atoms with van der Waals surface area (Å²) in [5.74, 6) is -4.99. The molecule has 0 bridgehead atoms. The number of thiophene rings is 1. The molecule has 1 aromatic carbocycles. The molecule has 61 heavy (non-hydrogen) atoms. The van der Waals surface area contributed by atoms with Crippen molar-refractivity contribution >= 4 is 51.6 Å². The first kappa shape index (κ1) is 51.7. The Labute approximate surface area is 362 Å². The first-order valence-electron chi connectivity index (χ1n) is 20.5. The molecule has 2 N–H and O–H groups in total. The Morgan fingerprint density at radius 3 is 1.70 bits per heavy atom. The summed E-state index contributed by atoms with van der Waals surface area (Å²) in [6.45, 7) is 9.88. The van der Waals surface area contributed by atoms with E-state index in [0.29, 0.717) is 46.4 Å². The number of azo groups is 1. The third kappa shape index (κ3) is 20.6. The van der Waals surface area contributed by atoms with Crippen molar-refractivity contribution in [3.63, 3.8) is 0 Å². The average Bonchev–Trinajstić information content (AvgIpc) is 3.55. The number of unbranched alkanes of at least 4 members (excludes halogenated alkanes) is 2. The molecule has 2 atom stereocenters. The first-order chi connectivity index (χ1) is 29.4. The Morgan fingerprint density at radius 1 is 0.738 bits per heavy atom. The number of allylic oxidation sites excluding steroid dienone is 4. The lowest BCUT2D eigenvalue weighted by molar-refractivity contribution is -0.152. The Morgan fingerprint density at radius 2 is 1.25 bits per heavy atom. The van der Waals surface area contributed by atoms with Gasteiger partial charge < -0.3 is 38.8 Å². The number of ether oxygens (including phenoxy) is 5. The first-order valence-corrected chi connectivity index (χ1v) is 21.3. The van der Waals surface area contributed by atoms with E-state index >= 15 is 0 Å². The van der Waals surface area contributed by atoms with Gasteiger partial charge in [-0.3, -0.25) is 19.2 Å². The lowest BCUT2D eigenvalue weighted by Gasteiger charge is -2.25. The SMILES string of the molecule is CCC/C=C/CC(CC(=O)OCCOCCOCCN(CCOCCOC(=O)CC(C/C=C/CCC)C(=O)O)c1ccc(N=Nc2sc(C#N)c(C)c2C#N)c(C)c1)C(=O)O. The van der Waals surface area contributed by atoms with Crippen molar-refractivity contribution < 1.29 is 53.1 Å². The molecule has 0 radical (unpaired) electrons. The Bertz CT molecular complexity index is 1860. The van der Waals surface area contributed by atoms with Gasteiger partial charge in [0.05, 0.1) is 75.6 Å². The number of esters is 2. The van der Waals surface area contributed by atoms with Crippen LogP contribution >= 0.6 is 11.3 Å². The maximum atomic E-state index is 12.3. The lowest BCUT2D eigenvalue weighted by Crippen LogP contribution is -2.31. The average molecular weight is 866 g/mol. The van der Waals surface area contributed by atoms with Crippen LogP contribution in [0.15, 0.2) is 52.7 Å². The minimum atomic E-state index is -1.05. The molecule has 0 aliphatic carbocycles. The van der Waals surface area contributed by atoms with Crippen molar-refractivity contribution in [1.29, 1.82) is 10.5 Å². The summed E-state index contributed by atoms with van der Waals surface area (Å²) in [4.78, 5) is 50.0. The Hall–Kier alpha value is -5.46. The van der Waals surface area contributed by atoms with Crippen LogP contribution in [0, 0.1) is 48.3 Å². The molecule has 0 saturated carbocycles. The van der Waals surface area contributed by atoms with Crippen LogP contribution in [0.4, 0.5) is 16.4 Å². The van der Waals surface area contributed by atoms with E-state index < -0.39 is 35.7 Å². The molecule has 0 aliphatic rings. The summed E-state index contributed by atoms with van der Waals surface area (Å²) in [5, 5.41) is 46.8. The van der Waals surface area contributed by atoms with Crippen molar-refractivity contribution in [3.05, 3.63) is 64.1 Å². The van der Waals surface area contributed by atoms with Gasteiger partial charge in [0, 0.05) is 18.8 Å². The zero-order valence-electron chi connectivity index (χ0n) is 35.6. The van der Waals surface area contributed by atoms with Gasteiger partial charge in [0.1, 0.15) is 30.2 Å². The predicted molar refractivity (Wildman–Crippen MR) is 229 cm³/mol. The van der Waals surface area contributed by atoms with E-state index in [2.05, 4.69) is 22.4 Å². The largest absolute Gasteiger partial charge is 0.481 e. The normalized spacial score (nSPS) is 12.4. The topological polar surface area (TPSA) is 230 Å². The number of nitrogens with zero attached hydrogens (tertiary/aromatic N) is 5. The van der Waals surface area contributed by atoms with Gasteiger partial charge in [0.15, 0.2) is 5.00 Å². The van der Waals surface area contributed by atoms with Crippen LogP contribution < -0.4 is 4.90 Å². The maximum Gasteiger partial charge on any atom is 0.307 e. The molecule has 2 rings (SSSR count). The number of hydrogen-bond acceptors (Lipinski definition) is 15. The second-order valence-electron chi connectivity index (χ2n) is 13.9. The minimum Gasteiger partial charge on any atom is -0.481 e. The molecular formula is C44H59N5O11S. The van der Waals surface area contributed by atoms with Gasteiger partial charge in [-0.15, -0.1) is 21.6 Å². The predicted octanol–water partition coefficient (Wildman–Crippen LogP) is 8.14. The lowest BCUT2D eigenvalue weighted by atomic mass is 10.0. The van der Waals surface area contributed by atoms with E-state index in [1.807, 2.05) is 50.0 Å². The number of benzene rings is 1. The monoisotopic (exact) mass is 865 g/mol. The van der Waals surface area contributed by atoms with Gasteiger partial charge in [-0.25, -0.2) is 0 Å². The molecule has 0 amide bonds. The van der Waals surface area contributed by atoms with E-state index in [9.17, 15) is 39.9 Å². The zero-order chi connectivity index (χ0) is 44.8. The number of carbonyl (C=O) groups is 4. The number of aliphatic carboxylic acids is 2. The number of carboxylic acids is 2. The molecule has 0 saturated heterocycles. The highest BCUT2D eigenvalue weighted by atomic mass is 32.1. The fraction of sp³-hybridized carbons (Fsp3) is 0.545. The van der Waals surface area contributed by atoms with E-state index in [1.54, 1.807) is 25.1 Å².